The van der Waals surface area contributed by atoms with Gasteiger partial charge in [-0.05, 0) is 33.8 Å². The quantitative estimate of drug-likeness (QED) is 0.822. The van der Waals surface area contributed by atoms with Gasteiger partial charge in [0.15, 0.2) is 5.69 Å². The minimum atomic E-state index is -0.563. The average molecular weight is 319 g/mol. The Kier molecular flexibility index (Phi) is 5.15. The number of carbonyl (C=O) groups excluding carboxylic acids is 2. The molecule has 0 saturated heterocycles. The van der Waals surface area contributed by atoms with Gasteiger partial charge in [0.05, 0.1) is 11.8 Å². The zero-order valence-electron chi connectivity index (χ0n) is 13.7. The SMILES string of the molecule is CCn1cc(NC(=O)c2ccnn2CC)c(C(=O)OC(C)C)n1. The van der Waals surface area contributed by atoms with Crippen LogP contribution in [0, 0.1) is 0 Å². The van der Waals surface area contributed by atoms with Gasteiger partial charge in [-0.1, -0.05) is 0 Å². The first-order valence-corrected chi connectivity index (χ1v) is 7.57. The molecule has 2 aromatic heterocycles. The summed E-state index contributed by atoms with van der Waals surface area (Å²) in [6, 6.07) is 1.62. The molecule has 1 N–H and O–H groups in total. The number of nitrogens with one attached hydrogen (secondary N) is 1. The van der Waals surface area contributed by atoms with Gasteiger partial charge in [-0.15, -0.1) is 0 Å². The summed E-state index contributed by atoms with van der Waals surface area (Å²) in [4.78, 5) is 24.5. The third-order valence-electron chi connectivity index (χ3n) is 3.12. The first kappa shape index (κ1) is 16.7. The van der Waals surface area contributed by atoms with Crippen molar-refractivity contribution in [2.75, 3.05) is 5.32 Å². The summed E-state index contributed by atoms with van der Waals surface area (Å²) >= 11 is 0. The van der Waals surface area contributed by atoms with Crippen molar-refractivity contribution in [2.24, 2.45) is 0 Å². The number of hydrogen-bond donors (Lipinski definition) is 1. The molecule has 0 atom stereocenters. The van der Waals surface area contributed by atoms with Crippen LogP contribution in [0.2, 0.25) is 0 Å². The number of aromatic nitrogens is 4. The minimum Gasteiger partial charge on any atom is -0.458 e. The summed E-state index contributed by atoms with van der Waals surface area (Å²) in [5.74, 6) is -0.912. The fourth-order valence-electron chi connectivity index (χ4n) is 2.06. The molecule has 0 unspecified atom stereocenters. The lowest BCUT2D eigenvalue weighted by atomic mass is 10.3. The molecule has 8 heteroatoms. The number of rotatable bonds is 6. The van der Waals surface area contributed by atoms with Crippen LogP contribution in [-0.2, 0) is 17.8 Å². The summed E-state index contributed by atoms with van der Waals surface area (Å²) in [7, 11) is 0. The Morgan fingerprint density at radius 1 is 1.30 bits per heavy atom. The van der Waals surface area contributed by atoms with Gasteiger partial charge in [-0.3, -0.25) is 14.2 Å². The van der Waals surface area contributed by atoms with E-state index < -0.39 is 5.97 Å². The van der Waals surface area contributed by atoms with Crippen molar-refractivity contribution in [3.05, 3.63) is 29.8 Å². The summed E-state index contributed by atoms with van der Waals surface area (Å²) in [5, 5.41) is 10.9. The number of hydrogen-bond acceptors (Lipinski definition) is 5. The average Bonchev–Trinajstić information content (AvgIpc) is 3.12. The minimum absolute atomic E-state index is 0.0939. The highest BCUT2D eigenvalue weighted by molar-refractivity contribution is 6.06. The van der Waals surface area contributed by atoms with Crippen LogP contribution in [0.1, 0.15) is 48.7 Å². The second-order valence-electron chi connectivity index (χ2n) is 5.19. The lowest BCUT2D eigenvalue weighted by molar-refractivity contribution is 0.0371. The molecular formula is C15H21N5O3. The van der Waals surface area contributed by atoms with E-state index in [1.807, 2.05) is 13.8 Å². The van der Waals surface area contributed by atoms with Crippen molar-refractivity contribution < 1.29 is 14.3 Å². The molecule has 0 fully saturated rings. The van der Waals surface area contributed by atoms with Crippen molar-refractivity contribution in [3.63, 3.8) is 0 Å². The number of ether oxygens (including phenoxy) is 1. The van der Waals surface area contributed by atoms with Crippen LogP contribution >= 0.6 is 0 Å². The highest BCUT2D eigenvalue weighted by Crippen LogP contribution is 2.17. The third kappa shape index (κ3) is 3.77. The van der Waals surface area contributed by atoms with Crippen LogP contribution in [0.15, 0.2) is 18.5 Å². The third-order valence-corrected chi connectivity index (χ3v) is 3.12. The van der Waals surface area contributed by atoms with Gasteiger partial charge in [0.2, 0.25) is 0 Å². The molecule has 0 radical (unpaired) electrons. The van der Waals surface area contributed by atoms with Gasteiger partial charge >= 0.3 is 5.97 Å². The molecule has 0 bridgehead atoms. The van der Waals surface area contributed by atoms with E-state index in [0.29, 0.717) is 24.5 Å². The lowest BCUT2D eigenvalue weighted by Crippen LogP contribution is -2.19. The first-order chi connectivity index (χ1) is 11.0. The Morgan fingerprint density at radius 2 is 2.04 bits per heavy atom. The molecule has 0 saturated carbocycles. The maximum atomic E-state index is 12.4. The molecule has 0 aliphatic rings. The fourth-order valence-corrected chi connectivity index (χ4v) is 2.06. The molecule has 2 heterocycles. The van der Waals surface area contributed by atoms with Crippen LogP contribution in [0.5, 0.6) is 0 Å². The van der Waals surface area contributed by atoms with Crippen molar-refractivity contribution >= 4 is 17.6 Å². The standard InChI is InChI=1S/C15H21N5O3/c1-5-19-9-11(13(18-19)15(22)23-10(3)4)17-14(21)12-7-8-16-20(12)6-2/h7-10H,5-6H2,1-4H3,(H,17,21). The van der Waals surface area contributed by atoms with E-state index in [0.717, 1.165) is 0 Å². The molecular weight excluding hydrogens is 298 g/mol. The van der Waals surface area contributed by atoms with E-state index in [1.165, 1.54) is 0 Å². The van der Waals surface area contributed by atoms with Crippen molar-refractivity contribution in [3.8, 4) is 0 Å². The van der Waals surface area contributed by atoms with Gasteiger partial charge in [0.25, 0.3) is 5.91 Å². The Hall–Kier alpha value is -2.64. The van der Waals surface area contributed by atoms with Gasteiger partial charge in [-0.25, -0.2) is 4.79 Å². The van der Waals surface area contributed by atoms with Crippen molar-refractivity contribution in [1.82, 2.24) is 19.6 Å². The van der Waals surface area contributed by atoms with Gasteiger partial charge < -0.3 is 10.1 Å². The molecule has 0 spiro atoms. The first-order valence-electron chi connectivity index (χ1n) is 7.57. The molecule has 2 rings (SSSR count). The summed E-state index contributed by atoms with van der Waals surface area (Å²) < 4.78 is 8.32. The van der Waals surface area contributed by atoms with Crippen LogP contribution < -0.4 is 5.32 Å². The lowest BCUT2D eigenvalue weighted by Gasteiger charge is -2.08. The normalized spacial score (nSPS) is 10.8. The van der Waals surface area contributed by atoms with E-state index in [1.54, 1.807) is 41.7 Å². The molecule has 1 amide bonds. The number of esters is 1. The maximum Gasteiger partial charge on any atom is 0.361 e. The molecule has 0 aliphatic carbocycles. The highest BCUT2D eigenvalue weighted by Gasteiger charge is 2.22. The second kappa shape index (κ2) is 7.08. The van der Waals surface area contributed by atoms with Crippen LogP contribution in [0.25, 0.3) is 0 Å². The molecule has 2 aromatic rings. The molecule has 0 aliphatic heterocycles. The molecule has 23 heavy (non-hydrogen) atoms. The summed E-state index contributed by atoms with van der Waals surface area (Å²) in [6.07, 6.45) is 2.91. The zero-order valence-corrected chi connectivity index (χ0v) is 13.7. The summed E-state index contributed by atoms with van der Waals surface area (Å²) in [6.45, 7) is 8.45. The Labute approximate surface area is 134 Å². The monoisotopic (exact) mass is 319 g/mol. The highest BCUT2D eigenvalue weighted by atomic mass is 16.5. The number of anilines is 1. The molecule has 0 aromatic carbocycles. The van der Waals surface area contributed by atoms with Crippen molar-refractivity contribution in [1.29, 1.82) is 0 Å². The predicted molar refractivity (Wildman–Crippen MR) is 84.3 cm³/mol. The maximum absolute atomic E-state index is 12.4. The van der Waals surface area contributed by atoms with E-state index >= 15 is 0 Å². The topological polar surface area (TPSA) is 91.0 Å². The number of nitrogens with zero attached hydrogens (tertiary/aromatic N) is 4. The molecule has 124 valence electrons. The van der Waals surface area contributed by atoms with Crippen LogP contribution in [0.3, 0.4) is 0 Å². The number of aryl methyl sites for hydroxylation is 2. The Morgan fingerprint density at radius 3 is 2.65 bits per heavy atom. The van der Waals surface area contributed by atoms with E-state index in [4.69, 9.17) is 4.74 Å². The second-order valence-corrected chi connectivity index (χ2v) is 5.19. The fraction of sp³-hybridized carbons (Fsp3) is 0.467. The number of carbonyl (C=O) groups is 2. The van der Waals surface area contributed by atoms with Crippen LogP contribution in [-0.4, -0.2) is 37.5 Å². The van der Waals surface area contributed by atoms with Gasteiger partial charge in [-0.2, -0.15) is 10.2 Å². The van der Waals surface area contributed by atoms with Gasteiger partial charge in [0, 0.05) is 25.5 Å². The molecule has 8 nitrogen and oxygen atoms in total. The van der Waals surface area contributed by atoms with E-state index in [9.17, 15) is 9.59 Å². The van der Waals surface area contributed by atoms with Crippen molar-refractivity contribution in [2.45, 2.75) is 46.9 Å². The van der Waals surface area contributed by atoms with Gasteiger partial charge in [0.1, 0.15) is 5.69 Å². The predicted octanol–water partition coefficient (Wildman–Crippen LogP) is 1.94. The van der Waals surface area contributed by atoms with E-state index in [-0.39, 0.29) is 17.7 Å². The summed E-state index contributed by atoms with van der Waals surface area (Å²) in [5.41, 5.74) is 0.836. The van der Waals surface area contributed by atoms with Crippen LogP contribution in [0.4, 0.5) is 5.69 Å². The van der Waals surface area contributed by atoms with E-state index in [2.05, 4.69) is 15.5 Å². The largest absolute Gasteiger partial charge is 0.458 e. The smallest absolute Gasteiger partial charge is 0.361 e. The zero-order chi connectivity index (χ0) is 17.0. The Balaban J connectivity index is 2.26. The number of amides is 1. The Bertz CT molecular complexity index is 702.